The number of hydrogen-bond acceptors (Lipinski definition) is 6. The van der Waals surface area contributed by atoms with Crippen molar-refractivity contribution in [2.75, 3.05) is 32.8 Å². The number of aromatic nitrogens is 3. The molecule has 0 bridgehead atoms. The number of carbonyl (C=O) groups is 1. The van der Waals surface area contributed by atoms with Gasteiger partial charge in [0, 0.05) is 32.0 Å². The van der Waals surface area contributed by atoms with Crippen LogP contribution < -0.4 is 10.9 Å². The largest absolute Gasteiger partial charge is 0.379 e. The van der Waals surface area contributed by atoms with Crippen molar-refractivity contribution in [1.29, 1.82) is 0 Å². The van der Waals surface area contributed by atoms with Gasteiger partial charge in [0.2, 0.25) is 5.91 Å². The van der Waals surface area contributed by atoms with Gasteiger partial charge in [-0.25, -0.2) is 4.98 Å². The quantitative estimate of drug-likeness (QED) is 0.662. The summed E-state index contributed by atoms with van der Waals surface area (Å²) in [7, 11) is 0. The fourth-order valence-electron chi connectivity index (χ4n) is 3.80. The summed E-state index contributed by atoms with van der Waals surface area (Å²) >= 11 is 0. The van der Waals surface area contributed by atoms with Crippen LogP contribution in [0.3, 0.4) is 0 Å². The topological polar surface area (TPSA) is 89.3 Å². The van der Waals surface area contributed by atoms with E-state index >= 15 is 0 Å². The molecule has 1 unspecified atom stereocenters. The molecule has 156 valence electrons. The van der Waals surface area contributed by atoms with Gasteiger partial charge >= 0.3 is 0 Å². The van der Waals surface area contributed by atoms with Crippen LogP contribution >= 0.6 is 0 Å². The molecule has 0 spiro atoms. The molecule has 2 aromatic heterocycles. The molecule has 1 aliphatic heterocycles. The predicted molar refractivity (Wildman–Crippen MR) is 113 cm³/mol. The van der Waals surface area contributed by atoms with E-state index in [0.717, 1.165) is 18.7 Å². The Bertz CT molecular complexity index is 1080. The number of morpholine rings is 1. The van der Waals surface area contributed by atoms with Gasteiger partial charge in [-0.3, -0.25) is 24.0 Å². The summed E-state index contributed by atoms with van der Waals surface area (Å²) in [4.78, 5) is 36.5. The highest BCUT2D eigenvalue weighted by molar-refractivity contribution is 5.79. The predicted octanol–water partition coefficient (Wildman–Crippen LogP) is 1.29. The van der Waals surface area contributed by atoms with Gasteiger partial charge < -0.3 is 10.1 Å². The average Bonchev–Trinajstić information content (AvgIpc) is 2.78. The Morgan fingerprint density at radius 3 is 2.77 bits per heavy atom. The molecule has 30 heavy (non-hydrogen) atoms. The van der Waals surface area contributed by atoms with Crippen LogP contribution in [0.5, 0.6) is 0 Å². The van der Waals surface area contributed by atoms with Crippen molar-refractivity contribution >= 4 is 16.8 Å². The zero-order chi connectivity index (χ0) is 20.9. The van der Waals surface area contributed by atoms with Crippen molar-refractivity contribution in [3.63, 3.8) is 0 Å². The third-order valence-corrected chi connectivity index (χ3v) is 5.40. The number of hydrogen-bond donors (Lipinski definition) is 1. The van der Waals surface area contributed by atoms with Crippen molar-refractivity contribution in [3.8, 4) is 0 Å². The number of aryl methyl sites for hydroxylation is 1. The molecule has 1 aliphatic rings. The smallest absolute Gasteiger partial charge is 0.261 e. The maximum Gasteiger partial charge on any atom is 0.261 e. The fraction of sp³-hybridized carbons (Fsp3) is 0.364. The first kappa shape index (κ1) is 20.2. The van der Waals surface area contributed by atoms with E-state index in [4.69, 9.17) is 4.74 Å². The molecular weight excluding hydrogens is 382 g/mol. The van der Waals surface area contributed by atoms with E-state index in [0.29, 0.717) is 36.5 Å². The normalized spacial score (nSPS) is 15.8. The van der Waals surface area contributed by atoms with E-state index in [1.54, 1.807) is 31.3 Å². The second-order valence-electron chi connectivity index (χ2n) is 7.32. The summed E-state index contributed by atoms with van der Waals surface area (Å²) in [6.07, 6.45) is 3.56. The van der Waals surface area contributed by atoms with Crippen LogP contribution in [0.15, 0.2) is 53.6 Å². The Kier molecular flexibility index (Phi) is 6.15. The molecule has 0 radical (unpaired) electrons. The Labute approximate surface area is 174 Å². The monoisotopic (exact) mass is 407 g/mol. The maximum absolute atomic E-state index is 12.8. The minimum Gasteiger partial charge on any atom is -0.379 e. The molecule has 1 saturated heterocycles. The lowest BCUT2D eigenvalue weighted by atomic mass is 10.1. The zero-order valence-electron chi connectivity index (χ0n) is 17.0. The molecule has 1 amide bonds. The molecule has 8 nitrogen and oxygen atoms in total. The molecule has 1 aromatic carbocycles. The highest BCUT2D eigenvalue weighted by Crippen LogP contribution is 2.20. The number of nitrogens with zero attached hydrogens (tertiary/aromatic N) is 4. The first-order valence-corrected chi connectivity index (χ1v) is 10.1. The van der Waals surface area contributed by atoms with Gasteiger partial charge in [-0.05, 0) is 30.7 Å². The molecule has 0 aliphatic carbocycles. The van der Waals surface area contributed by atoms with E-state index in [-0.39, 0.29) is 24.1 Å². The number of rotatable bonds is 6. The van der Waals surface area contributed by atoms with Crippen molar-refractivity contribution in [3.05, 3.63) is 70.5 Å². The number of amides is 1. The lowest BCUT2D eigenvalue weighted by Crippen LogP contribution is -2.44. The minimum absolute atomic E-state index is 0.000836. The van der Waals surface area contributed by atoms with Gasteiger partial charge in [0.05, 0.1) is 30.2 Å². The highest BCUT2D eigenvalue weighted by atomic mass is 16.5. The van der Waals surface area contributed by atoms with E-state index in [2.05, 4.69) is 20.2 Å². The summed E-state index contributed by atoms with van der Waals surface area (Å²) in [6, 6.07) is 11.1. The lowest BCUT2D eigenvalue weighted by Gasteiger charge is -2.34. The SMILES string of the molecule is Cc1nc2ccccc2c(=O)n1CC(=O)NCC(c1cccnc1)N1CCOCC1. The van der Waals surface area contributed by atoms with Crippen LogP contribution in [0.1, 0.15) is 17.4 Å². The Balaban J connectivity index is 1.49. The number of fused-ring (bicyclic) bond motifs is 1. The molecule has 1 N–H and O–H groups in total. The number of pyridine rings is 1. The van der Waals surface area contributed by atoms with Crippen LogP contribution in [-0.2, 0) is 16.1 Å². The Hall–Kier alpha value is -3.10. The standard InChI is InChI=1S/C22H25N5O3/c1-16-25-19-7-3-2-6-18(19)22(29)27(16)15-21(28)24-14-20(17-5-4-8-23-13-17)26-9-11-30-12-10-26/h2-8,13,20H,9-12,14-15H2,1H3,(H,24,28). The minimum atomic E-state index is -0.223. The third kappa shape index (κ3) is 4.39. The van der Waals surface area contributed by atoms with E-state index in [1.165, 1.54) is 4.57 Å². The van der Waals surface area contributed by atoms with E-state index in [1.807, 2.05) is 24.4 Å². The van der Waals surface area contributed by atoms with Gasteiger partial charge in [-0.2, -0.15) is 0 Å². The zero-order valence-corrected chi connectivity index (χ0v) is 17.0. The second kappa shape index (κ2) is 9.15. The molecule has 1 fully saturated rings. The molecule has 0 saturated carbocycles. The Morgan fingerprint density at radius 2 is 2.00 bits per heavy atom. The van der Waals surface area contributed by atoms with Gasteiger partial charge in [0.25, 0.3) is 5.56 Å². The molecule has 3 heterocycles. The molecule has 8 heteroatoms. The lowest BCUT2D eigenvalue weighted by molar-refractivity contribution is -0.122. The summed E-state index contributed by atoms with van der Waals surface area (Å²) in [5, 5.41) is 3.50. The number of para-hydroxylation sites is 1. The van der Waals surface area contributed by atoms with Crippen LogP contribution in [0, 0.1) is 6.92 Å². The van der Waals surface area contributed by atoms with Crippen molar-refractivity contribution in [2.24, 2.45) is 0 Å². The van der Waals surface area contributed by atoms with Gasteiger partial charge in [0.1, 0.15) is 12.4 Å². The maximum atomic E-state index is 12.8. The Morgan fingerprint density at radius 1 is 1.20 bits per heavy atom. The first-order chi connectivity index (χ1) is 14.6. The summed E-state index contributed by atoms with van der Waals surface area (Å²) in [5.41, 5.74) is 1.48. The van der Waals surface area contributed by atoms with Crippen LogP contribution in [0.2, 0.25) is 0 Å². The number of benzene rings is 1. The van der Waals surface area contributed by atoms with Gasteiger partial charge in [-0.1, -0.05) is 18.2 Å². The van der Waals surface area contributed by atoms with Crippen molar-refractivity contribution < 1.29 is 9.53 Å². The molecule has 4 rings (SSSR count). The van der Waals surface area contributed by atoms with Crippen LogP contribution in [0.4, 0.5) is 0 Å². The molecule has 3 aromatic rings. The average molecular weight is 407 g/mol. The van der Waals surface area contributed by atoms with Crippen LogP contribution in [-0.4, -0.2) is 58.2 Å². The fourth-order valence-corrected chi connectivity index (χ4v) is 3.80. The number of carbonyl (C=O) groups excluding carboxylic acids is 1. The summed E-state index contributed by atoms with van der Waals surface area (Å²) in [6.45, 7) is 5.04. The number of nitrogens with one attached hydrogen (secondary N) is 1. The van der Waals surface area contributed by atoms with Crippen LogP contribution in [0.25, 0.3) is 10.9 Å². The van der Waals surface area contributed by atoms with Crippen molar-refractivity contribution in [1.82, 2.24) is 24.8 Å². The third-order valence-electron chi connectivity index (χ3n) is 5.40. The number of ether oxygens (including phenoxy) is 1. The van der Waals surface area contributed by atoms with Gasteiger partial charge in [0.15, 0.2) is 0 Å². The summed E-state index contributed by atoms with van der Waals surface area (Å²) < 4.78 is 6.88. The van der Waals surface area contributed by atoms with E-state index in [9.17, 15) is 9.59 Å². The van der Waals surface area contributed by atoms with E-state index < -0.39 is 0 Å². The highest BCUT2D eigenvalue weighted by Gasteiger charge is 2.23. The van der Waals surface area contributed by atoms with Crippen molar-refractivity contribution in [2.45, 2.75) is 19.5 Å². The first-order valence-electron chi connectivity index (χ1n) is 10.1. The molecule has 1 atom stereocenters. The second-order valence-corrected chi connectivity index (χ2v) is 7.32. The van der Waals surface area contributed by atoms with Gasteiger partial charge in [-0.15, -0.1) is 0 Å². The molecular formula is C22H25N5O3. The summed E-state index contributed by atoms with van der Waals surface area (Å²) in [5.74, 6) is 0.297.